The number of nitriles is 1. The van der Waals surface area contributed by atoms with Crippen LogP contribution in [0.15, 0.2) is 29.3 Å². The van der Waals surface area contributed by atoms with Gasteiger partial charge in [-0.2, -0.15) is 5.26 Å². The Morgan fingerprint density at radius 3 is 2.36 bits per heavy atom. The van der Waals surface area contributed by atoms with E-state index in [2.05, 4.69) is 54.5 Å². The molecule has 1 heterocycles. The van der Waals surface area contributed by atoms with E-state index in [1.54, 1.807) is 0 Å². The quantitative estimate of drug-likeness (QED) is 0.667. The maximum absolute atomic E-state index is 12.4. The molecule has 2 aromatic rings. The van der Waals surface area contributed by atoms with Crippen LogP contribution in [-0.2, 0) is 11.2 Å². The standard InChI is InChI=1S/C23H29N3OS/c1-14(2)11-19-7-9-20(10-8-19)18(6)25-22(27)13-28-23-21(12-24)16(4)15(3)17(5)26-23/h7-10,14,18H,11,13H2,1-6H3,(H,25,27)/t18-/m1/s1. The van der Waals surface area contributed by atoms with Crippen molar-refractivity contribution < 1.29 is 4.79 Å². The fourth-order valence-corrected chi connectivity index (χ4v) is 3.96. The first-order valence-electron chi connectivity index (χ1n) is 9.61. The van der Waals surface area contributed by atoms with Gasteiger partial charge in [0.1, 0.15) is 11.1 Å². The van der Waals surface area contributed by atoms with E-state index in [4.69, 9.17) is 0 Å². The number of benzene rings is 1. The fourth-order valence-electron chi connectivity index (χ4n) is 3.06. The molecule has 1 atom stereocenters. The van der Waals surface area contributed by atoms with Crippen LogP contribution < -0.4 is 5.32 Å². The van der Waals surface area contributed by atoms with E-state index in [9.17, 15) is 10.1 Å². The van der Waals surface area contributed by atoms with Crippen molar-refractivity contribution in [1.29, 1.82) is 5.26 Å². The lowest BCUT2D eigenvalue weighted by molar-refractivity contribution is -0.119. The molecule has 28 heavy (non-hydrogen) atoms. The SMILES string of the molecule is Cc1nc(SCC(=O)N[C@H](C)c2ccc(CC(C)C)cc2)c(C#N)c(C)c1C. The molecule has 5 heteroatoms. The van der Waals surface area contributed by atoms with Gasteiger partial charge in [0.25, 0.3) is 0 Å². The zero-order chi connectivity index (χ0) is 20.8. The molecule has 1 aromatic carbocycles. The third-order valence-corrected chi connectivity index (χ3v) is 5.89. The molecule has 0 saturated carbocycles. The Balaban J connectivity index is 1.98. The normalized spacial score (nSPS) is 11.9. The van der Waals surface area contributed by atoms with Gasteiger partial charge in [0, 0.05) is 5.69 Å². The Morgan fingerprint density at radius 1 is 1.14 bits per heavy atom. The van der Waals surface area contributed by atoms with Gasteiger partial charge in [-0.3, -0.25) is 4.79 Å². The first-order valence-corrected chi connectivity index (χ1v) is 10.6. The van der Waals surface area contributed by atoms with Crippen LogP contribution in [0.3, 0.4) is 0 Å². The van der Waals surface area contributed by atoms with E-state index < -0.39 is 0 Å². The Kier molecular flexibility index (Phi) is 7.65. The average molecular weight is 396 g/mol. The smallest absolute Gasteiger partial charge is 0.230 e. The number of thioether (sulfide) groups is 1. The van der Waals surface area contributed by atoms with Crippen molar-refractivity contribution in [3.63, 3.8) is 0 Å². The fraction of sp³-hybridized carbons (Fsp3) is 0.435. The van der Waals surface area contributed by atoms with E-state index >= 15 is 0 Å². The zero-order valence-corrected chi connectivity index (χ0v) is 18.4. The molecule has 1 aromatic heterocycles. The lowest BCUT2D eigenvalue weighted by Gasteiger charge is -2.16. The van der Waals surface area contributed by atoms with Crippen molar-refractivity contribution >= 4 is 17.7 Å². The van der Waals surface area contributed by atoms with Crippen LogP contribution in [0.2, 0.25) is 0 Å². The van der Waals surface area contributed by atoms with Gasteiger partial charge >= 0.3 is 0 Å². The summed E-state index contributed by atoms with van der Waals surface area (Å²) in [5.41, 5.74) is 5.83. The highest BCUT2D eigenvalue weighted by Crippen LogP contribution is 2.26. The number of nitrogens with one attached hydrogen (secondary N) is 1. The van der Waals surface area contributed by atoms with E-state index in [1.165, 1.54) is 17.3 Å². The van der Waals surface area contributed by atoms with Crippen LogP contribution in [0.5, 0.6) is 0 Å². The van der Waals surface area contributed by atoms with Gasteiger partial charge in [-0.15, -0.1) is 0 Å². The number of rotatable bonds is 7. The maximum Gasteiger partial charge on any atom is 0.230 e. The van der Waals surface area contributed by atoms with E-state index in [0.29, 0.717) is 16.5 Å². The third-order valence-electron chi connectivity index (χ3n) is 4.92. The summed E-state index contributed by atoms with van der Waals surface area (Å²) >= 11 is 1.32. The van der Waals surface area contributed by atoms with Gasteiger partial charge in [-0.25, -0.2) is 4.98 Å². The summed E-state index contributed by atoms with van der Waals surface area (Å²) < 4.78 is 0. The first kappa shape index (κ1) is 22.0. The molecular formula is C23H29N3OS. The van der Waals surface area contributed by atoms with Crippen molar-refractivity contribution in [2.24, 2.45) is 5.92 Å². The molecule has 1 N–H and O–H groups in total. The van der Waals surface area contributed by atoms with Gasteiger partial charge in [-0.1, -0.05) is 49.9 Å². The summed E-state index contributed by atoms with van der Waals surface area (Å²) in [6.45, 7) is 12.2. The van der Waals surface area contributed by atoms with Crippen LogP contribution in [-0.4, -0.2) is 16.6 Å². The largest absolute Gasteiger partial charge is 0.349 e. The van der Waals surface area contributed by atoms with Crippen LogP contribution in [0.1, 0.15) is 60.3 Å². The summed E-state index contributed by atoms with van der Waals surface area (Å²) in [6, 6.07) is 10.6. The molecule has 2 rings (SSSR count). The summed E-state index contributed by atoms with van der Waals surface area (Å²) in [6.07, 6.45) is 1.06. The Morgan fingerprint density at radius 2 is 1.79 bits per heavy atom. The number of amides is 1. The summed E-state index contributed by atoms with van der Waals surface area (Å²) in [5, 5.41) is 13.1. The zero-order valence-electron chi connectivity index (χ0n) is 17.6. The number of nitrogens with zero attached hydrogens (tertiary/aromatic N) is 2. The first-order chi connectivity index (χ1) is 13.2. The minimum absolute atomic E-state index is 0.0638. The van der Waals surface area contributed by atoms with Crippen LogP contribution in [0.4, 0.5) is 0 Å². The molecular weight excluding hydrogens is 366 g/mol. The van der Waals surface area contributed by atoms with E-state index in [1.807, 2.05) is 27.7 Å². The highest BCUT2D eigenvalue weighted by atomic mass is 32.2. The number of carbonyl (C=O) groups is 1. The van der Waals surface area contributed by atoms with Gasteiger partial charge < -0.3 is 5.32 Å². The van der Waals surface area contributed by atoms with Crippen LogP contribution >= 0.6 is 11.8 Å². The van der Waals surface area contributed by atoms with Crippen LogP contribution in [0, 0.1) is 38.0 Å². The molecule has 0 aliphatic rings. The lowest BCUT2D eigenvalue weighted by atomic mass is 10.00. The molecule has 4 nitrogen and oxygen atoms in total. The Labute approximate surface area is 172 Å². The highest BCUT2D eigenvalue weighted by molar-refractivity contribution is 8.00. The monoisotopic (exact) mass is 395 g/mol. The molecule has 0 bridgehead atoms. The van der Waals surface area contributed by atoms with E-state index in [0.717, 1.165) is 28.8 Å². The van der Waals surface area contributed by atoms with Crippen LogP contribution in [0.25, 0.3) is 0 Å². The van der Waals surface area contributed by atoms with Crippen molar-refractivity contribution in [2.45, 2.75) is 59.0 Å². The maximum atomic E-state index is 12.4. The molecule has 0 aliphatic carbocycles. The molecule has 1 amide bonds. The molecule has 0 spiro atoms. The second-order valence-corrected chi connectivity index (χ2v) is 8.62. The summed E-state index contributed by atoms with van der Waals surface area (Å²) in [5.74, 6) is 0.797. The number of aromatic nitrogens is 1. The molecule has 0 aliphatic heterocycles. The van der Waals surface area contributed by atoms with Gasteiger partial charge in [0.15, 0.2) is 0 Å². The van der Waals surface area contributed by atoms with Crippen molar-refractivity contribution in [3.8, 4) is 6.07 Å². The number of hydrogen-bond acceptors (Lipinski definition) is 4. The van der Waals surface area contributed by atoms with Gasteiger partial charge in [-0.05, 0) is 62.3 Å². The van der Waals surface area contributed by atoms with Gasteiger partial charge in [0.2, 0.25) is 5.91 Å². The van der Waals surface area contributed by atoms with Crippen molar-refractivity contribution in [2.75, 3.05) is 5.75 Å². The molecule has 0 fully saturated rings. The average Bonchev–Trinajstić information content (AvgIpc) is 2.64. The van der Waals surface area contributed by atoms with E-state index in [-0.39, 0.29) is 17.7 Å². The minimum atomic E-state index is -0.0645. The lowest BCUT2D eigenvalue weighted by Crippen LogP contribution is -2.28. The highest BCUT2D eigenvalue weighted by Gasteiger charge is 2.15. The number of carbonyl (C=O) groups excluding carboxylic acids is 1. The van der Waals surface area contributed by atoms with Gasteiger partial charge in [0.05, 0.1) is 17.4 Å². The molecule has 0 unspecified atom stereocenters. The number of aryl methyl sites for hydroxylation is 1. The molecule has 0 radical (unpaired) electrons. The predicted molar refractivity (Wildman–Crippen MR) is 115 cm³/mol. The Bertz CT molecular complexity index is 882. The number of pyridine rings is 1. The summed E-state index contributed by atoms with van der Waals surface area (Å²) in [4.78, 5) is 16.9. The molecule has 148 valence electrons. The second kappa shape index (κ2) is 9.75. The summed E-state index contributed by atoms with van der Waals surface area (Å²) in [7, 11) is 0. The second-order valence-electron chi connectivity index (χ2n) is 7.66. The third kappa shape index (κ3) is 5.59. The van der Waals surface area contributed by atoms with Crippen molar-refractivity contribution in [3.05, 3.63) is 57.8 Å². The Hall–Kier alpha value is -2.32. The minimum Gasteiger partial charge on any atom is -0.349 e. The number of hydrogen-bond donors (Lipinski definition) is 1. The predicted octanol–water partition coefficient (Wildman–Crippen LogP) is 5.05. The van der Waals surface area contributed by atoms with Crippen molar-refractivity contribution in [1.82, 2.24) is 10.3 Å². The molecule has 0 saturated heterocycles. The topological polar surface area (TPSA) is 65.8 Å².